The lowest BCUT2D eigenvalue weighted by Crippen LogP contribution is -2.45. The van der Waals surface area contributed by atoms with Gasteiger partial charge >= 0.3 is 5.97 Å². The van der Waals surface area contributed by atoms with E-state index >= 15 is 0 Å². The van der Waals surface area contributed by atoms with Crippen LogP contribution in [0.4, 0.5) is 5.69 Å². The van der Waals surface area contributed by atoms with Crippen LogP contribution >= 0.6 is 0 Å². The molecule has 1 saturated carbocycles. The molecule has 1 aliphatic heterocycles. The first-order valence-electron chi connectivity index (χ1n) is 7.02. The number of aliphatic hydroxyl groups is 1. The number of nitrogens with two attached hydrogens (primary N) is 1. The topological polar surface area (TPSA) is 104 Å². The van der Waals surface area contributed by atoms with E-state index in [-0.39, 0.29) is 18.9 Å². The van der Waals surface area contributed by atoms with Gasteiger partial charge in [-0.2, -0.15) is 0 Å². The monoisotopic (exact) mass is 290 g/mol. The van der Waals surface area contributed by atoms with Gasteiger partial charge in [0.25, 0.3) is 0 Å². The molecule has 2 atom stereocenters. The second-order valence-corrected chi connectivity index (χ2v) is 5.91. The van der Waals surface area contributed by atoms with Gasteiger partial charge < -0.3 is 20.8 Å². The first-order valence-corrected chi connectivity index (χ1v) is 7.02. The third-order valence-corrected chi connectivity index (χ3v) is 4.45. The number of hydrogen-bond donors (Lipinski definition) is 3. The standard InChI is InChI=1S/C15H18N2O4/c16-10-3-1-9(2-4-10)15(5-6-15)14(21)17-8-11(18)7-12(17)13(19)20/h1-4,11-12,18H,5-8,16H2,(H,19,20)/t11-,12-/m1/s1. The Morgan fingerprint density at radius 1 is 1.24 bits per heavy atom. The molecule has 0 aromatic heterocycles. The Kier molecular flexibility index (Phi) is 3.13. The normalized spacial score (nSPS) is 26.6. The van der Waals surface area contributed by atoms with E-state index < -0.39 is 23.5 Å². The van der Waals surface area contributed by atoms with Gasteiger partial charge in [-0.25, -0.2) is 4.79 Å². The molecule has 1 aliphatic carbocycles. The molecule has 4 N–H and O–H groups in total. The van der Waals surface area contributed by atoms with Crippen LogP contribution in [0.2, 0.25) is 0 Å². The number of aliphatic carboxylic acids is 1. The summed E-state index contributed by atoms with van der Waals surface area (Å²) in [6, 6.07) is 6.20. The quantitative estimate of drug-likeness (QED) is 0.697. The number of anilines is 1. The first kappa shape index (κ1) is 13.9. The summed E-state index contributed by atoms with van der Waals surface area (Å²) >= 11 is 0. The van der Waals surface area contributed by atoms with Crippen molar-refractivity contribution in [2.45, 2.75) is 36.8 Å². The minimum absolute atomic E-state index is 0.0898. The average Bonchev–Trinajstić information content (AvgIpc) is 3.15. The van der Waals surface area contributed by atoms with E-state index in [2.05, 4.69) is 0 Å². The van der Waals surface area contributed by atoms with Crippen LogP contribution in [0.25, 0.3) is 0 Å². The molecule has 0 radical (unpaired) electrons. The van der Waals surface area contributed by atoms with Gasteiger partial charge in [-0.1, -0.05) is 12.1 Å². The van der Waals surface area contributed by atoms with E-state index in [0.717, 1.165) is 5.56 Å². The van der Waals surface area contributed by atoms with E-state index in [1.54, 1.807) is 12.1 Å². The molecule has 2 aliphatic rings. The molecule has 0 bridgehead atoms. The largest absolute Gasteiger partial charge is 0.480 e. The molecule has 1 saturated heterocycles. The summed E-state index contributed by atoms with van der Waals surface area (Å²) in [6.07, 6.45) is 0.736. The van der Waals surface area contributed by atoms with Crippen LogP contribution in [0, 0.1) is 0 Å². The summed E-state index contributed by atoms with van der Waals surface area (Å²) in [7, 11) is 0. The van der Waals surface area contributed by atoms with Crippen LogP contribution in [0.3, 0.4) is 0 Å². The molecular formula is C15H18N2O4. The molecule has 1 aromatic rings. The maximum absolute atomic E-state index is 12.8. The molecule has 21 heavy (non-hydrogen) atoms. The van der Waals surface area contributed by atoms with E-state index in [1.807, 2.05) is 12.1 Å². The van der Waals surface area contributed by atoms with E-state index in [4.69, 9.17) is 5.73 Å². The smallest absolute Gasteiger partial charge is 0.326 e. The van der Waals surface area contributed by atoms with Crippen molar-refractivity contribution < 1.29 is 19.8 Å². The number of carboxylic acids is 1. The third kappa shape index (κ3) is 2.25. The fraction of sp³-hybridized carbons (Fsp3) is 0.467. The van der Waals surface area contributed by atoms with Crippen molar-refractivity contribution in [2.24, 2.45) is 0 Å². The van der Waals surface area contributed by atoms with Gasteiger partial charge in [0.15, 0.2) is 0 Å². The maximum Gasteiger partial charge on any atom is 0.326 e. The SMILES string of the molecule is Nc1ccc(C2(C(=O)N3C[C@H](O)C[C@@H]3C(=O)O)CC2)cc1. The highest BCUT2D eigenvalue weighted by molar-refractivity contribution is 5.94. The number of carbonyl (C=O) groups excluding carboxylic acids is 1. The Labute approximate surface area is 122 Å². The van der Waals surface area contributed by atoms with Crippen LogP contribution in [0.1, 0.15) is 24.8 Å². The number of nitrogen functional groups attached to an aromatic ring is 1. The molecule has 0 unspecified atom stereocenters. The third-order valence-electron chi connectivity index (χ3n) is 4.45. The zero-order valence-corrected chi connectivity index (χ0v) is 11.5. The summed E-state index contributed by atoms with van der Waals surface area (Å²) in [5.41, 5.74) is 6.52. The zero-order valence-electron chi connectivity index (χ0n) is 11.5. The van der Waals surface area contributed by atoms with E-state index in [1.165, 1.54) is 4.90 Å². The first-order chi connectivity index (χ1) is 9.94. The summed E-state index contributed by atoms with van der Waals surface area (Å²) in [5.74, 6) is -1.26. The number of nitrogens with zero attached hydrogens (tertiary/aromatic N) is 1. The number of aliphatic hydroxyl groups excluding tert-OH is 1. The Morgan fingerprint density at radius 3 is 2.38 bits per heavy atom. The Balaban J connectivity index is 1.87. The van der Waals surface area contributed by atoms with Gasteiger partial charge in [-0.05, 0) is 30.5 Å². The number of carbonyl (C=O) groups is 2. The van der Waals surface area contributed by atoms with Crippen LogP contribution < -0.4 is 5.73 Å². The van der Waals surface area contributed by atoms with Crippen LogP contribution in [0.5, 0.6) is 0 Å². The summed E-state index contributed by atoms with van der Waals surface area (Å²) in [6.45, 7) is 0.0898. The van der Waals surface area contributed by atoms with Crippen LogP contribution in [-0.2, 0) is 15.0 Å². The highest BCUT2D eigenvalue weighted by Gasteiger charge is 2.55. The van der Waals surface area contributed by atoms with Crippen LogP contribution in [-0.4, -0.2) is 45.7 Å². The number of β-amino-alcohol motifs (C(OH)–C–C–N with tert-alkyl or cyclic N) is 1. The lowest BCUT2D eigenvalue weighted by molar-refractivity contribution is -0.149. The van der Waals surface area contributed by atoms with Gasteiger partial charge in [0.05, 0.1) is 11.5 Å². The fourth-order valence-electron chi connectivity index (χ4n) is 3.10. The lowest BCUT2D eigenvalue weighted by atomic mass is 9.93. The Bertz CT molecular complexity index is 580. The van der Waals surface area contributed by atoms with Gasteiger partial charge in [-0.3, -0.25) is 4.79 Å². The molecule has 6 heteroatoms. The molecule has 3 rings (SSSR count). The summed E-state index contributed by atoms with van der Waals surface area (Å²) in [5, 5.41) is 18.9. The second kappa shape index (κ2) is 4.73. The van der Waals surface area contributed by atoms with Crippen LogP contribution in [0.15, 0.2) is 24.3 Å². The van der Waals surface area contributed by atoms with Crippen molar-refractivity contribution in [3.05, 3.63) is 29.8 Å². The number of rotatable bonds is 3. The molecule has 1 heterocycles. The minimum atomic E-state index is -1.06. The van der Waals surface area contributed by atoms with Crippen molar-refractivity contribution in [3.63, 3.8) is 0 Å². The minimum Gasteiger partial charge on any atom is -0.480 e. The van der Waals surface area contributed by atoms with Gasteiger partial charge in [0.1, 0.15) is 6.04 Å². The van der Waals surface area contributed by atoms with Crippen molar-refractivity contribution in [2.75, 3.05) is 12.3 Å². The number of benzene rings is 1. The predicted octanol–water partition coefficient (Wildman–Crippen LogP) is 0.347. The second-order valence-electron chi connectivity index (χ2n) is 5.91. The fourth-order valence-corrected chi connectivity index (χ4v) is 3.10. The van der Waals surface area contributed by atoms with Crippen molar-refractivity contribution in [1.82, 2.24) is 4.90 Å². The van der Waals surface area contributed by atoms with Gasteiger partial charge in [0, 0.05) is 18.7 Å². The van der Waals surface area contributed by atoms with Crippen molar-refractivity contribution in [1.29, 1.82) is 0 Å². The number of hydrogen-bond acceptors (Lipinski definition) is 4. The number of amides is 1. The summed E-state index contributed by atoms with van der Waals surface area (Å²) < 4.78 is 0. The van der Waals surface area contributed by atoms with E-state index in [0.29, 0.717) is 18.5 Å². The Morgan fingerprint density at radius 2 is 1.86 bits per heavy atom. The van der Waals surface area contributed by atoms with Gasteiger partial charge in [-0.15, -0.1) is 0 Å². The highest BCUT2D eigenvalue weighted by Crippen LogP contribution is 2.50. The molecule has 1 amide bonds. The molecule has 2 fully saturated rings. The lowest BCUT2D eigenvalue weighted by Gasteiger charge is -2.26. The summed E-state index contributed by atoms with van der Waals surface area (Å²) in [4.78, 5) is 25.4. The molecule has 112 valence electrons. The maximum atomic E-state index is 12.8. The molecular weight excluding hydrogens is 272 g/mol. The van der Waals surface area contributed by atoms with E-state index in [9.17, 15) is 19.8 Å². The van der Waals surface area contributed by atoms with Gasteiger partial charge in [0.2, 0.25) is 5.91 Å². The molecule has 1 aromatic carbocycles. The van der Waals surface area contributed by atoms with Crippen molar-refractivity contribution in [3.8, 4) is 0 Å². The average molecular weight is 290 g/mol. The number of likely N-dealkylation sites (tertiary alicyclic amines) is 1. The number of carboxylic acid groups (broad SMARTS) is 1. The molecule has 0 spiro atoms. The molecule has 6 nitrogen and oxygen atoms in total. The highest BCUT2D eigenvalue weighted by atomic mass is 16.4. The zero-order chi connectivity index (χ0) is 15.2. The predicted molar refractivity (Wildman–Crippen MR) is 75.5 cm³/mol. The Hall–Kier alpha value is -2.08. The van der Waals surface area contributed by atoms with Crippen molar-refractivity contribution >= 4 is 17.6 Å².